The first-order valence-electron chi connectivity index (χ1n) is 5.24. The van der Waals surface area contributed by atoms with Gasteiger partial charge in [-0.15, -0.1) is 0 Å². The second-order valence-electron chi connectivity index (χ2n) is 4.34. The van der Waals surface area contributed by atoms with E-state index in [1.807, 2.05) is 38.4 Å². The minimum absolute atomic E-state index is 0.137. The van der Waals surface area contributed by atoms with Crippen molar-refractivity contribution in [1.82, 2.24) is 4.90 Å². The largest absolute Gasteiger partial charge is 0.492 e. The van der Waals surface area contributed by atoms with Gasteiger partial charge in [0.2, 0.25) is 0 Å². The van der Waals surface area contributed by atoms with E-state index >= 15 is 0 Å². The summed E-state index contributed by atoms with van der Waals surface area (Å²) in [4.78, 5) is 2.09. The van der Waals surface area contributed by atoms with Gasteiger partial charge in [-0.1, -0.05) is 22.0 Å². The van der Waals surface area contributed by atoms with Crippen LogP contribution in [0.25, 0.3) is 0 Å². The highest BCUT2D eigenvalue weighted by molar-refractivity contribution is 9.10. The first kappa shape index (κ1) is 13.5. The van der Waals surface area contributed by atoms with Gasteiger partial charge in [0.05, 0.1) is 5.54 Å². The Hall–Kier alpha value is -0.580. The van der Waals surface area contributed by atoms with Crippen molar-refractivity contribution >= 4 is 15.9 Å². The van der Waals surface area contributed by atoms with E-state index in [2.05, 4.69) is 27.8 Å². The van der Waals surface area contributed by atoms with Crippen LogP contribution in [0.1, 0.15) is 6.92 Å². The van der Waals surface area contributed by atoms with Gasteiger partial charge in [-0.3, -0.25) is 4.90 Å². The number of nitrogens with zero attached hydrogens (tertiary/aromatic N) is 1. The normalized spacial score (nSPS) is 14.9. The summed E-state index contributed by atoms with van der Waals surface area (Å²) in [6, 6.07) is 7.82. The Balaban J connectivity index is 2.63. The van der Waals surface area contributed by atoms with Crippen LogP contribution in [-0.4, -0.2) is 37.7 Å². The van der Waals surface area contributed by atoms with Crippen molar-refractivity contribution in [3.63, 3.8) is 0 Å². The maximum atomic E-state index is 5.77. The Kier molecular flexibility index (Phi) is 4.77. The average molecular weight is 287 g/mol. The van der Waals surface area contributed by atoms with Gasteiger partial charge in [-0.2, -0.15) is 0 Å². The van der Waals surface area contributed by atoms with E-state index in [4.69, 9.17) is 10.5 Å². The van der Waals surface area contributed by atoms with Gasteiger partial charge in [0.25, 0.3) is 0 Å². The van der Waals surface area contributed by atoms with Gasteiger partial charge in [-0.25, -0.2) is 0 Å². The lowest BCUT2D eigenvalue weighted by atomic mass is 10.0. The van der Waals surface area contributed by atoms with E-state index < -0.39 is 0 Å². The Morgan fingerprint density at radius 2 is 2.12 bits per heavy atom. The molecule has 1 atom stereocenters. The summed E-state index contributed by atoms with van der Waals surface area (Å²) >= 11 is 3.41. The van der Waals surface area contributed by atoms with Crippen molar-refractivity contribution in [2.45, 2.75) is 12.5 Å². The van der Waals surface area contributed by atoms with E-state index in [1.165, 1.54) is 0 Å². The van der Waals surface area contributed by atoms with Crippen LogP contribution in [0, 0.1) is 0 Å². The van der Waals surface area contributed by atoms with E-state index in [0.717, 1.165) is 10.2 Å². The second-order valence-corrected chi connectivity index (χ2v) is 5.26. The molecule has 0 saturated carbocycles. The average Bonchev–Trinajstić information content (AvgIpc) is 2.26. The van der Waals surface area contributed by atoms with Crippen LogP contribution < -0.4 is 10.5 Å². The fourth-order valence-electron chi connectivity index (χ4n) is 1.17. The molecule has 0 aliphatic rings. The standard InChI is InChI=1S/C12H19BrN2O/c1-12(8-14,15(2)3)9-16-11-6-4-5-10(13)7-11/h4-7H,8-9,14H2,1-3H3. The molecule has 0 radical (unpaired) electrons. The van der Waals surface area contributed by atoms with Crippen LogP contribution in [0.15, 0.2) is 28.7 Å². The molecule has 0 aliphatic heterocycles. The number of halogens is 1. The molecule has 0 aromatic heterocycles. The van der Waals surface area contributed by atoms with Crippen molar-refractivity contribution in [3.05, 3.63) is 28.7 Å². The first-order chi connectivity index (χ1) is 7.48. The summed E-state index contributed by atoms with van der Waals surface area (Å²) in [7, 11) is 4.02. The molecule has 16 heavy (non-hydrogen) atoms. The van der Waals surface area contributed by atoms with Crippen molar-refractivity contribution in [1.29, 1.82) is 0 Å². The lowest BCUT2D eigenvalue weighted by Gasteiger charge is -2.34. The molecule has 0 amide bonds. The highest BCUT2D eigenvalue weighted by Gasteiger charge is 2.26. The molecule has 1 aromatic carbocycles. The van der Waals surface area contributed by atoms with Gasteiger partial charge in [0.15, 0.2) is 0 Å². The number of hydrogen-bond donors (Lipinski definition) is 1. The zero-order valence-electron chi connectivity index (χ0n) is 10.0. The summed E-state index contributed by atoms with van der Waals surface area (Å²) in [5.74, 6) is 0.857. The highest BCUT2D eigenvalue weighted by Crippen LogP contribution is 2.19. The fraction of sp³-hybridized carbons (Fsp3) is 0.500. The summed E-state index contributed by atoms with van der Waals surface area (Å²) in [5.41, 5.74) is 5.63. The molecule has 0 spiro atoms. The predicted molar refractivity (Wildman–Crippen MR) is 70.8 cm³/mol. The fourth-order valence-corrected chi connectivity index (χ4v) is 1.54. The Bertz CT molecular complexity index is 344. The second kappa shape index (κ2) is 5.66. The molecule has 0 bridgehead atoms. The van der Waals surface area contributed by atoms with Gasteiger partial charge in [-0.05, 0) is 39.2 Å². The number of nitrogens with two attached hydrogens (primary N) is 1. The molecule has 1 aromatic rings. The molecule has 0 fully saturated rings. The zero-order chi connectivity index (χ0) is 12.2. The van der Waals surface area contributed by atoms with Crippen molar-refractivity contribution in [2.24, 2.45) is 5.73 Å². The molecule has 0 saturated heterocycles. The van der Waals surface area contributed by atoms with E-state index in [1.54, 1.807) is 0 Å². The topological polar surface area (TPSA) is 38.5 Å². The van der Waals surface area contributed by atoms with E-state index in [9.17, 15) is 0 Å². The number of benzene rings is 1. The van der Waals surface area contributed by atoms with E-state index in [-0.39, 0.29) is 5.54 Å². The van der Waals surface area contributed by atoms with Crippen LogP contribution in [-0.2, 0) is 0 Å². The Morgan fingerprint density at radius 1 is 1.44 bits per heavy atom. The van der Waals surface area contributed by atoms with E-state index in [0.29, 0.717) is 13.2 Å². The highest BCUT2D eigenvalue weighted by atomic mass is 79.9. The quantitative estimate of drug-likeness (QED) is 0.901. The molecule has 4 heteroatoms. The molecular formula is C12H19BrN2O. The minimum atomic E-state index is -0.137. The van der Waals surface area contributed by atoms with Gasteiger partial charge in [0, 0.05) is 11.0 Å². The molecule has 0 aliphatic carbocycles. The minimum Gasteiger partial charge on any atom is -0.492 e. The SMILES string of the molecule is CN(C)C(C)(CN)COc1cccc(Br)c1. The molecule has 1 unspecified atom stereocenters. The van der Waals surface area contributed by atoms with Gasteiger partial charge >= 0.3 is 0 Å². The molecule has 1 rings (SSSR count). The van der Waals surface area contributed by atoms with Crippen molar-refractivity contribution in [2.75, 3.05) is 27.2 Å². The monoisotopic (exact) mass is 286 g/mol. The van der Waals surface area contributed by atoms with Crippen LogP contribution in [0.4, 0.5) is 0 Å². The Labute approximate surface area is 106 Å². The van der Waals surface area contributed by atoms with Crippen LogP contribution in [0.5, 0.6) is 5.75 Å². The smallest absolute Gasteiger partial charge is 0.120 e. The Morgan fingerprint density at radius 3 is 2.62 bits per heavy atom. The lowest BCUT2D eigenvalue weighted by Crippen LogP contribution is -2.52. The van der Waals surface area contributed by atoms with Crippen LogP contribution >= 0.6 is 15.9 Å². The number of rotatable bonds is 5. The number of ether oxygens (including phenoxy) is 1. The van der Waals surface area contributed by atoms with Crippen LogP contribution in [0.2, 0.25) is 0 Å². The molecular weight excluding hydrogens is 268 g/mol. The third-order valence-electron chi connectivity index (χ3n) is 2.87. The van der Waals surface area contributed by atoms with Crippen molar-refractivity contribution in [3.8, 4) is 5.75 Å². The maximum Gasteiger partial charge on any atom is 0.120 e. The van der Waals surface area contributed by atoms with Crippen molar-refractivity contribution < 1.29 is 4.74 Å². The zero-order valence-corrected chi connectivity index (χ0v) is 11.6. The van der Waals surface area contributed by atoms with Gasteiger partial charge < -0.3 is 10.5 Å². The third kappa shape index (κ3) is 3.47. The summed E-state index contributed by atoms with van der Waals surface area (Å²) in [5, 5.41) is 0. The molecule has 0 heterocycles. The summed E-state index contributed by atoms with van der Waals surface area (Å²) in [6.07, 6.45) is 0. The third-order valence-corrected chi connectivity index (χ3v) is 3.36. The number of likely N-dealkylation sites (N-methyl/N-ethyl adjacent to an activating group) is 1. The molecule has 3 nitrogen and oxygen atoms in total. The first-order valence-corrected chi connectivity index (χ1v) is 6.03. The molecule has 90 valence electrons. The maximum absolute atomic E-state index is 5.77. The lowest BCUT2D eigenvalue weighted by molar-refractivity contribution is 0.104. The van der Waals surface area contributed by atoms with Gasteiger partial charge in [0.1, 0.15) is 12.4 Å². The summed E-state index contributed by atoms with van der Waals surface area (Å²) in [6.45, 7) is 3.23. The van der Waals surface area contributed by atoms with Crippen LogP contribution in [0.3, 0.4) is 0 Å². The summed E-state index contributed by atoms with van der Waals surface area (Å²) < 4.78 is 6.77. The number of hydrogen-bond acceptors (Lipinski definition) is 3. The predicted octanol–water partition coefficient (Wildman–Crippen LogP) is 2.11. The molecule has 2 N–H and O–H groups in total.